The van der Waals surface area contributed by atoms with Crippen molar-refractivity contribution >= 4 is 0 Å². The first-order valence-electron chi connectivity index (χ1n) is 4.47. The van der Waals surface area contributed by atoms with E-state index < -0.39 is 23.0 Å². The molecular weight excluding hydrogens is 222 g/mol. The minimum atomic E-state index is -4.54. The molecule has 0 aliphatic rings. The van der Waals surface area contributed by atoms with Crippen LogP contribution in [0.5, 0.6) is 0 Å². The minimum absolute atomic E-state index is 0.000718. The molecule has 1 nitrogen and oxygen atoms in total. The molecule has 0 saturated carbocycles. The Hall–Kier alpha value is -1.57. The second-order valence-corrected chi connectivity index (χ2v) is 3.93. The van der Waals surface area contributed by atoms with Crippen LogP contribution < -0.4 is 0 Å². The normalized spacial score (nSPS) is 12.3. The molecule has 0 aliphatic heterocycles. The molecule has 86 valence electrons. The Morgan fingerprint density at radius 3 is 2.12 bits per heavy atom. The lowest BCUT2D eigenvalue weighted by atomic mass is 9.83. The molecule has 0 unspecified atom stereocenters. The maximum Gasteiger partial charge on any atom is 0.398 e. The number of hydrogen-bond donors (Lipinski definition) is 0. The maximum atomic E-state index is 13.4. The van der Waals surface area contributed by atoms with Crippen LogP contribution in [-0.4, -0.2) is 6.18 Å². The molecule has 0 bridgehead atoms. The van der Waals surface area contributed by atoms with Crippen LogP contribution in [0.1, 0.15) is 25.0 Å². The van der Waals surface area contributed by atoms with Gasteiger partial charge in [0.25, 0.3) is 0 Å². The van der Waals surface area contributed by atoms with Crippen LogP contribution in [0.4, 0.5) is 17.6 Å². The van der Waals surface area contributed by atoms with Crippen molar-refractivity contribution in [2.24, 2.45) is 0 Å². The van der Waals surface area contributed by atoms with Gasteiger partial charge in [0.2, 0.25) is 0 Å². The molecule has 0 N–H and O–H groups in total. The molecule has 1 aromatic carbocycles. The molecule has 0 atom stereocenters. The Morgan fingerprint density at radius 2 is 1.75 bits per heavy atom. The number of hydrogen-bond acceptors (Lipinski definition) is 1. The van der Waals surface area contributed by atoms with Crippen molar-refractivity contribution in [1.82, 2.24) is 0 Å². The van der Waals surface area contributed by atoms with Gasteiger partial charge in [0, 0.05) is 5.56 Å². The summed E-state index contributed by atoms with van der Waals surface area (Å²) in [6.07, 6.45) is -4.54. The molecule has 0 aromatic heterocycles. The summed E-state index contributed by atoms with van der Waals surface area (Å²) in [6, 6.07) is 4.65. The minimum Gasteiger partial charge on any atom is -0.207 e. The monoisotopic (exact) mass is 231 g/mol. The van der Waals surface area contributed by atoms with E-state index in [0.29, 0.717) is 0 Å². The SMILES string of the molecule is CC(C)(c1ccc(C#N)cc1F)C(F)(F)F. The van der Waals surface area contributed by atoms with Crippen molar-refractivity contribution in [3.8, 4) is 6.07 Å². The summed E-state index contributed by atoms with van der Waals surface area (Å²) >= 11 is 0. The molecule has 0 saturated heterocycles. The van der Waals surface area contributed by atoms with Crippen LogP contribution in [0.3, 0.4) is 0 Å². The highest BCUT2D eigenvalue weighted by atomic mass is 19.4. The van der Waals surface area contributed by atoms with Crippen molar-refractivity contribution in [2.75, 3.05) is 0 Å². The highest BCUT2D eigenvalue weighted by Crippen LogP contribution is 2.41. The molecule has 1 rings (SSSR count). The van der Waals surface area contributed by atoms with E-state index in [2.05, 4.69) is 0 Å². The zero-order valence-electron chi connectivity index (χ0n) is 8.69. The smallest absolute Gasteiger partial charge is 0.207 e. The zero-order chi connectivity index (χ0) is 12.6. The summed E-state index contributed by atoms with van der Waals surface area (Å²) in [4.78, 5) is 0. The average molecular weight is 231 g/mol. The fourth-order valence-corrected chi connectivity index (χ4v) is 1.24. The van der Waals surface area contributed by atoms with Crippen LogP contribution in [0, 0.1) is 17.1 Å². The summed E-state index contributed by atoms with van der Waals surface area (Å²) < 4.78 is 51.4. The molecule has 0 heterocycles. The lowest BCUT2D eigenvalue weighted by molar-refractivity contribution is -0.180. The van der Waals surface area contributed by atoms with E-state index in [1.54, 1.807) is 6.07 Å². The Kier molecular flexibility index (Phi) is 2.95. The Morgan fingerprint density at radius 1 is 1.19 bits per heavy atom. The average Bonchev–Trinajstić information content (AvgIpc) is 2.15. The molecule has 0 amide bonds. The van der Waals surface area contributed by atoms with Crippen LogP contribution in [0.15, 0.2) is 18.2 Å². The van der Waals surface area contributed by atoms with Gasteiger partial charge in [0.05, 0.1) is 17.0 Å². The fourth-order valence-electron chi connectivity index (χ4n) is 1.24. The third-order valence-electron chi connectivity index (χ3n) is 2.48. The molecule has 0 fully saturated rings. The second kappa shape index (κ2) is 3.78. The maximum absolute atomic E-state index is 13.4. The highest BCUT2D eigenvalue weighted by molar-refractivity contribution is 5.36. The molecular formula is C11H9F4N. The lowest BCUT2D eigenvalue weighted by Gasteiger charge is -2.28. The second-order valence-electron chi connectivity index (χ2n) is 3.93. The highest BCUT2D eigenvalue weighted by Gasteiger charge is 2.49. The number of benzene rings is 1. The van der Waals surface area contributed by atoms with E-state index >= 15 is 0 Å². The van der Waals surface area contributed by atoms with E-state index in [1.165, 1.54) is 6.07 Å². The van der Waals surface area contributed by atoms with Crippen molar-refractivity contribution in [3.63, 3.8) is 0 Å². The van der Waals surface area contributed by atoms with Gasteiger partial charge in [-0.15, -0.1) is 0 Å². The summed E-state index contributed by atoms with van der Waals surface area (Å²) in [5, 5.41) is 8.48. The number of nitriles is 1. The van der Waals surface area contributed by atoms with Crippen molar-refractivity contribution < 1.29 is 17.6 Å². The summed E-state index contributed by atoms with van der Waals surface area (Å²) in [5.41, 5.74) is -2.73. The van der Waals surface area contributed by atoms with Crippen molar-refractivity contribution in [2.45, 2.75) is 25.4 Å². The van der Waals surface area contributed by atoms with E-state index in [1.807, 2.05) is 0 Å². The first-order chi connectivity index (χ1) is 7.20. The topological polar surface area (TPSA) is 23.8 Å². The van der Waals surface area contributed by atoms with Crippen LogP contribution in [0.25, 0.3) is 0 Å². The number of rotatable bonds is 1. The first kappa shape index (κ1) is 12.5. The van der Waals surface area contributed by atoms with Gasteiger partial charge in [-0.3, -0.25) is 0 Å². The third kappa shape index (κ3) is 2.01. The first-order valence-corrected chi connectivity index (χ1v) is 4.47. The Bertz CT molecular complexity index is 440. The zero-order valence-corrected chi connectivity index (χ0v) is 8.69. The van der Waals surface area contributed by atoms with Gasteiger partial charge in [0.1, 0.15) is 5.82 Å². The van der Waals surface area contributed by atoms with Gasteiger partial charge in [-0.25, -0.2) is 4.39 Å². The quantitative estimate of drug-likeness (QED) is 0.678. The van der Waals surface area contributed by atoms with E-state index in [4.69, 9.17) is 5.26 Å². The lowest BCUT2D eigenvalue weighted by Crippen LogP contribution is -2.37. The van der Waals surface area contributed by atoms with Gasteiger partial charge in [-0.1, -0.05) is 6.07 Å². The Balaban J connectivity index is 3.31. The number of nitrogens with zero attached hydrogens (tertiary/aromatic N) is 1. The summed E-state index contributed by atoms with van der Waals surface area (Å²) in [6.45, 7) is 1.80. The van der Waals surface area contributed by atoms with Crippen LogP contribution in [0.2, 0.25) is 0 Å². The van der Waals surface area contributed by atoms with Crippen molar-refractivity contribution in [3.05, 3.63) is 35.1 Å². The fraction of sp³-hybridized carbons (Fsp3) is 0.364. The van der Waals surface area contributed by atoms with Crippen LogP contribution >= 0.6 is 0 Å². The van der Waals surface area contributed by atoms with Crippen molar-refractivity contribution in [1.29, 1.82) is 5.26 Å². The van der Waals surface area contributed by atoms with Gasteiger partial charge in [-0.05, 0) is 26.0 Å². The molecule has 0 aliphatic carbocycles. The predicted octanol–water partition coefficient (Wildman–Crippen LogP) is 3.54. The van der Waals surface area contributed by atoms with Gasteiger partial charge >= 0.3 is 6.18 Å². The summed E-state index contributed by atoms with van der Waals surface area (Å²) in [7, 11) is 0. The molecule has 0 spiro atoms. The van der Waals surface area contributed by atoms with Crippen LogP contribution in [-0.2, 0) is 5.41 Å². The number of halogens is 4. The van der Waals surface area contributed by atoms with Gasteiger partial charge in [-0.2, -0.15) is 18.4 Å². The predicted molar refractivity (Wildman–Crippen MR) is 50.2 cm³/mol. The molecule has 1 aromatic rings. The molecule has 0 radical (unpaired) electrons. The van der Waals surface area contributed by atoms with E-state index in [9.17, 15) is 17.6 Å². The molecule has 16 heavy (non-hydrogen) atoms. The van der Waals surface area contributed by atoms with E-state index in [-0.39, 0.29) is 5.56 Å². The number of alkyl halides is 3. The third-order valence-corrected chi connectivity index (χ3v) is 2.48. The summed E-state index contributed by atoms with van der Waals surface area (Å²) in [5.74, 6) is -1.01. The van der Waals surface area contributed by atoms with Gasteiger partial charge in [0.15, 0.2) is 0 Å². The Labute approximate surface area is 90.3 Å². The standard InChI is InChI=1S/C11H9F4N/c1-10(2,11(13,14)15)8-4-3-7(6-16)5-9(8)12/h3-5H,1-2H3. The van der Waals surface area contributed by atoms with Gasteiger partial charge < -0.3 is 0 Å². The molecule has 5 heteroatoms. The largest absolute Gasteiger partial charge is 0.398 e. The van der Waals surface area contributed by atoms with E-state index in [0.717, 1.165) is 26.0 Å².